The zero-order chi connectivity index (χ0) is 51.0. The van der Waals surface area contributed by atoms with Gasteiger partial charge in [-0.25, -0.2) is 4.98 Å². The molecule has 17 rings (SSSR count). The van der Waals surface area contributed by atoms with Gasteiger partial charge in [-0.05, 0) is 96.6 Å². The lowest BCUT2D eigenvalue weighted by molar-refractivity contribution is 0.992. The summed E-state index contributed by atoms with van der Waals surface area (Å²) in [6.07, 6.45) is 0. The van der Waals surface area contributed by atoms with Crippen LogP contribution in [0.3, 0.4) is 0 Å². The van der Waals surface area contributed by atoms with Crippen LogP contribution in [0.1, 0.15) is 0 Å². The maximum atomic E-state index is 6.49. The number of fused-ring (bicyclic) bond motifs is 14. The second kappa shape index (κ2) is 16.6. The number of aromatic nitrogens is 4. The van der Waals surface area contributed by atoms with Gasteiger partial charge in [-0.3, -0.25) is 9.47 Å². The van der Waals surface area contributed by atoms with Crippen molar-refractivity contribution >= 4 is 131 Å². The predicted octanol–water partition coefficient (Wildman–Crippen LogP) is 19.7. The molecule has 0 amide bonds. The Morgan fingerprint density at radius 2 is 0.628 bits per heavy atom. The fraction of sp³-hybridized carbons (Fsp3) is 0. The van der Waals surface area contributed by atoms with E-state index in [0.717, 1.165) is 106 Å². The van der Waals surface area contributed by atoms with Crippen molar-refractivity contribution in [3.63, 3.8) is 0 Å². The summed E-state index contributed by atoms with van der Waals surface area (Å²) in [7, 11) is 0. The van der Waals surface area contributed by atoms with E-state index in [-0.39, 0.29) is 0 Å². The first kappa shape index (κ1) is 43.1. The Labute approximate surface area is 452 Å². The van der Waals surface area contributed by atoms with Gasteiger partial charge in [0, 0.05) is 63.7 Å². The molecule has 6 nitrogen and oxygen atoms in total. The molecule has 6 heterocycles. The summed E-state index contributed by atoms with van der Waals surface area (Å²) < 4.78 is 10.0. The van der Waals surface area contributed by atoms with E-state index in [1.54, 1.807) is 0 Å². The van der Waals surface area contributed by atoms with Crippen molar-refractivity contribution in [2.45, 2.75) is 0 Å². The Kier molecular flexibility index (Phi) is 9.19. The van der Waals surface area contributed by atoms with Crippen LogP contribution in [0, 0.1) is 0 Å². The molecule has 16 aromatic rings. The molecule has 5 aromatic heterocycles. The number of rotatable bonds is 6. The Bertz CT molecular complexity index is 4930. The highest BCUT2D eigenvalue weighted by atomic mass is 32.1. The van der Waals surface area contributed by atoms with Crippen LogP contribution in [0.2, 0.25) is 0 Å². The van der Waals surface area contributed by atoms with Crippen LogP contribution in [0.5, 0.6) is 0 Å². The van der Waals surface area contributed by atoms with Crippen LogP contribution in [0.15, 0.2) is 267 Å². The zero-order valence-corrected chi connectivity index (χ0v) is 42.8. The summed E-state index contributed by atoms with van der Waals surface area (Å²) in [5.74, 6) is 1.60. The zero-order valence-electron chi connectivity index (χ0n) is 42.0. The number of thiophene rings is 1. The minimum Gasteiger partial charge on any atom is -0.306 e. The van der Waals surface area contributed by atoms with E-state index >= 15 is 0 Å². The largest absolute Gasteiger partial charge is 0.306 e. The van der Waals surface area contributed by atoms with Crippen molar-refractivity contribution < 1.29 is 0 Å². The molecule has 0 radical (unpaired) electrons. The second-order valence-electron chi connectivity index (χ2n) is 20.2. The summed E-state index contributed by atoms with van der Waals surface area (Å²) in [5.41, 5.74) is 15.8. The van der Waals surface area contributed by atoms with Gasteiger partial charge in [0.25, 0.3) is 0 Å². The lowest BCUT2D eigenvalue weighted by Crippen LogP contribution is -2.26. The number of para-hydroxylation sites is 11. The predicted molar refractivity (Wildman–Crippen MR) is 329 cm³/mol. The molecule has 0 fully saturated rings. The van der Waals surface area contributed by atoms with Crippen LogP contribution in [0.25, 0.3) is 114 Å². The van der Waals surface area contributed by atoms with Gasteiger partial charge < -0.3 is 14.0 Å². The molecule has 364 valence electrons. The molecule has 78 heavy (non-hydrogen) atoms. The molecule has 0 bridgehead atoms. The highest BCUT2D eigenvalue weighted by Crippen LogP contribution is 2.58. The van der Waals surface area contributed by atoms with E-state index in [0.29, 0.717) is 0 Å². The summed E-state index contributed by atoms with van der Waals surface area (Å²) in [6, 6.07) is 97.8. The molecule has 1 aliphatic heterocycles. The first-order chi connectivity index (χ1) is 38.8. The van der Waals surface area contributed by atoms with Crippen molar-refractivity contribution in [3.8, 4) is 28.3 Å². The standard InChI is InChI=1S/C71H44N6S/c1-2-22-46(23-3-1)73-61-37-17-19-39-63(61)77(64-40-20-18-38-62(64)73)71-69(75-57-33-13-6-26-49(57)50-27-7-14-34-58(50)75)67(45-42-43-66-54(44-45)53-30-10-21-41-65(53)78-66)68(74-55-31-11-4-24-47(55)48-25-5-12-32-56(48)74)70(72-71)76-59-35-15-8-28-51(59)52-29-9-16-36-60(52)76/h1-44H. The molecule has 11 aromatic carbocycles. The molecular formula is C71H44N6S. The lowest BCUT2D eigenvalue weighted by atomic mass is 9.97. The molecule has 0 atom stereocenters. The van der Waals surface area contributed by atoms with Gasteiger partial charge in [0.2, 0.25) is 0 Å². The topological polar surface area (TPSA) is 34.2 Å². The van der Waals surface area contributed by atoms with Gasteiger partial charge in [0.05, 0.1) is 55.8 Å². The quantitative estimate of drug-likeness (QED) is 0.166. The van der Waals surface area contributed by atoms with Crippen molar-refractivity contribution in [2.24, 2.45) is 0 Å². The number of benzene rings is 11. The third-order valence-electron chi connectivity index (χ3n) is 16.1. The SMILES string of the molecule is c1ccc(N2c3ccccc3N(c3nc(-n4c5ccccc5c5ccccc54)c(-n4c5ccccc5c5ccccc54)c(-c4ccc5sc6ccccc6c5c4)c3-n3c4ccccc4c4ccccc43)c3ccccc32)cc1. The minimum atomic E-state index is 0.792. The Hall–Kier alpha value is -10.2. The Morgan fingerprint density at radius 1 is 0.269 bits per heavy atom. The maximum absolute atomic E-state index is 6.49. The van der Waals surface area contributed by atoms with Gasteiger partial charge in [-0.15, -0.1) is 11.3 Å². The van der Waals surface area contributed by atoms with Crippen LogP contribution in [0.4, 0.5) is 34.3 Å². The molecule has 0 unspecified atom stereocenters. The average Bonchev–Trinajstić information content (AvgIpc) is 4.41. The number of anilines is 6. The molecule has 1 aliphatic rings. The summed E-state index contributed by atoms with van der Waals surface area (Å²) in [5, 5.41) is 9.48. The fourth-order valence-corrected chi connectivity index (χ4v) is 14.0. The van der Waals surface area contributed by atoms with Crippen LogP contribution in [-0.2, 0) is 0 Å². The molecule has 0 N–H and O–H groups in total. The van der Waals surface area contributed by atoms with E-state index < -0.39 is 0 Å². The third-order valence-corrected chi connectivity index (χ3v) is 17.3. The second-order valence-corrected chi connectivity index (χ2v) is 21.3. The summed E-state index contributed by atoms with van der Waals surface area (Å²) in [4.78, 5) is 11.4. The summed E-state index contributed by atoms with van der Waals surface area (Å²) >= 11 is 1.85. The van der Waals surface area contributed by atoms with Gasteiger partial charge >= 0.3 is 0 Å². The van der Waals surface area contributed by atoms with E-state index in [4.69, 9.17) is 4.98 Å². The van der Waals surface area contributed by atoms with Gasteiger partial charge in [0.15, 0.2) is 11.6 Å². The van der Waals surface area contributed by atoms with Crippen LogP contribution >= 0.6 is 11.3 Å². The molecule has 0 spiro atoms. The van der Waals surface area contributed by atoms with Crippen LogP contribution < -0.4 is 9.80 Å². The summed E-state index contributed by atoms with van der Waals surface area (Å²) in [6.45, 7) is 0. The lowest BCUT2D eigenvalue weighted by Gasteiger charge is -2.41. The van der Waals surface area contributed by atoms with Gasteiger partial charge in [-0.2, -0.15) is 0 Å². The molecule has 0 saturated carbocycles. The van der Waals surface area contributed by atoms with E-state index in [2.05, 4.69) is 290 Å². The van der Waals surface area contributed by atoms with E-state index in [9.17, 15) is 0 Å². The smallest absolute Gasteiger partial charge is 0.165 e. The first-order valence-corrected chi connectivity index (χ1v) is 27.4. The minimum absolute atomic E-state index is 0.792. The number of hydrogen-bond acceptors (Lipinski definition) is 4. The normalized spacial score (nSPS) is 12.6. The number of pyridine rings is 1. The average molecular weight is 1010 g/mol. The van der Waals surface area contributed by atoms with Crippen molar-refractivity contribution in [2.75, 3.05) is 9.80 Å². The Balaban J connectivity index is 1.16. The molecule has 0 saturated heterocycles. The molecule has 7 heteroatoms. The van der Waals surface area contributed by atoms with Crippen molar-refractivity contribution in [3.05, 3.63) is 267 Å². The van der Waals surface area contributed by atoms with Crippen molar-refractivity contribution in [1.82, 2.24) is 18.7 Å². The van der Waals surface area contributed by atoms with Gasteiger partial charge in [0.1, 0.15) is 11.4 Å². The molecule has 0 aliphatic carbocycles. The monoisotopic (exact) mass is 1010 g/mol. The highest BCUT2D eigenvalue weighted by Gasteiger charge is 2.37. The number of hydrogen-bond donors (Lipinski definition) is 0. The van der Waals surface area contributed by atoms with Crippen LogP contribution in [-0.4, -0.2) is 18.7 Å². The first-order valence-electron chi connectivity index (χ1n) is 26.6. The number of nitrogens with zero attached hydrogens (tertiary/aromatic N) is 6. The highest BCUT2D eigenvalue weighted by molar-refractivity contribution is 7.25. The third kappa shape index (κ3) is 6.04. The van der Waals surface area contributed by atoms with E-state index in [1.807, 2.05) is 11.3 Å². The maximum Gasteiger partial charge on any atom is 0.165 e. The molecular weight excluding hydrogens is 969 g/mol. The van der Waals surface area contributed by atoms with Gasteiger partial charge in [-0.1, -0.05) is 176 Å². The van der Waals surface area contributed by atoms with E-state index in [1.165, 1.54) is 41.7 Å². The fourth-order valence-electron chi connectivity index (χ4n) is 12.9. The Morgan fingerprint density at radius 3 is 1.10 bits per heavy atom. The van der Waals surface area contributed by atoms with Crippen molar-refractivity contribution in [1.29, 1.82) is 0 Å².